The number of ketones is 2. The second-order valence-electron chi connectivity index (χ2n) is 20.8. The van der Waals surface area contributed by atoms with Crippen molar-refractivity contribution in [3.63, 3.8) is 0 Å². The van der Waals surface area contributed by atoms with Gasteiger partial charge < -0.3 is 16.3 Å². The van der Waals surface area contributed by atoms with Gasteiger partial charge in [0, 0.05) is 46.2 Å². The molecule has 0 radical (unpaired) electrons. The van der Waals surface area contributed by atoms with Crippen molar-refractivity contribution in [3.8, 4) is 0 Å². The van der Waals surface area contributed by atoms with Crippen LogP contribution in [0.4, 0.5) is 0 Å². The van der Waals surface area contributed by atoms with Gasteiger partial charge in [0.15, 0.2) is 0 Å². The fourth-order valence-electron chi connectivity index (χ4n) is 4.25. The van der Waals surface area contributed by atoms with Crippen molar-refractivity contribution in [2.45, 2.75) is 225 Å². The molecule has 1 rings (SSSR count). The summed E-state index contributed by atoms with van der Waals surface area (Å²) in [4.78, 5) is 28.1. The van der Waals surface area contributed by atoms with Crippen molar-refractivity contribution < 1.29 is 9.59 Å². The fraction of sp³-hybridized carbons (Fsp3) is 0.952. The summed E-state index contributed by atoms with van der Waals surface area (Å²) in [7, 11) is 6.37. The van der Waals surface area contributed by atoms with E-state index in [1.54, 1.807) is 0 Å². The predicted molar refractivity (Wildman–Crippen MR) is 220 cm³/mol. The highest BCUT2D eigenvalue weighted by Gasteiger charge is 2.48. The van der Waals surface area contributed by atoms with Crippen molar-refractivity contribution in [3.05, 3.63) is 0 Å². The fourth-order valence-corrected chi connectivity index (χ4v) is 4.25. The molecule has 1 atom stereocenters. The Kier molecular flexibility index (Phi) is 21.6. The highest BCUT2D eigenvalue weighted by Crippen LogP contribution is 2.43. The Morgan fingerprint density at radius 3 is 1.12 bits per heavy atom. The van der Waals surface area contributed by atoms with Crippen LogP contribution in [0.15, 0.2) is 0 Å². The molecule has 4 N–H and O–H groups in total. The van der Waals surface area contributed by atoms with E-state index in [1.807, 2.05) is 27.8 Å². The number of likely N-dealkylation sites (tertiary alicyclic amines) is 1. The average molecular weight is 700 g/mol. The first-order valence-electron chi connectivity index (χ1n) is 18.7. The molecule has 7 nitrogen and oxygen atoms in total. The normalized spacial score (nSPS) is 18.8. The van der Waals surface area contributed by atoms with Gasteiger partial charge in [-0.2, -0.15) is 0 Å². The van der Waals surface area contributed by atoms with Crippen LogP contribution in [0.1, 0.15) is 180 Å². The number of likely N-dealkylation sites (N-methyl/N-ethyl adjacent to an activating group) is 2. The van der Waals surface area contributed by atoms with Crippen molar-refractivity contribution in [1.29, 1.82) is 0 Å². The molecule has 1 aliphatic rings. The molecule has 1 saturated heterocycles. The molecule has 0 aromatic heterocycles. The summed E-state index contributed by atoms with van der Waals surface area (Å²) < 4.78 is 0. The molecule has 7 heteroatoms. The summed E-state index contributed by atoms with van der Waals surface area (Å²) in [5.41, 5.74) is 12.7. The van der Waals surface area contributed by atoms with E-state index < -0.39 is 0 Å². The Morgan fingerprint density at radius 2 is 0.959 bits per heavy atom. The number of piperidine rings is 1. The maximum atomic E-state index is 11.7. The maximum Gasteiger partial charge on any atom is 0.150 e. The largest absolute Gasteiger partial charge is 0.325 e. The molecule has 1 aliphatic heterocycles. The van der Waals surface area contributed by atoms with E-state index in [2.05, 4.69) is 167 Å². The zero-order valence-electron chi connectivity index (χ0n) is 38.8. The number of carbonyl (C=O) groups excluding carboxylic acids is 2. The molecule has 1 heterocycles. The molecule has 298 valence electrons. The molecular weight excluding hydrogens is 606 g/mol. The zero-order chi connectivity index (χ0) is 41.3. The van der Waals surface area contributed by atoms with Gasteiger partial charge in [-0.3, -0.25) is 19.5 Å². The topological polar surface area (TPSA) is 95.9 Å². The maximum absolute atomic E-state index is 11.7. The molecule has 0 bridgehead atoms. The molecule has 0 aromatic rings. The standard InChI is InChI=1S/C11H21NO.C11H25N.C10H24N2.C7H17N.C3H6O/c1-8-9(13)7-10(2,3)11(4,5)12(8)6;1-9(2)12(8)11(6,7)10(3,4)5;1-8(2)12(7)10(5,6)9(3,4)11;1-6(2,3)7(4,5)8;1-3(2)4/h8H,7H2,1-6H3;9H,1-8H3;8H,11H2,1-7H3;8H2,1-5H3;1-2H3. The molecule has 0 aliphatic carbocycles. The number of Topliss-reactive ketones (excluding diaryl/α,β-unsaturated/α-hetero) is 2. The lowest BCUT2D eigenvalue weighted by Crippen LogP contribution is -2.62. The molecule has 49 heavy (non-hydrogen) atoms. The summed E-state index contributed by atoms with van der Waals surface area (Å²) in [5, 5.41) is 0. The monoisotopic (exact) mass is 700 g/mol. The average Bonchev–Trinajstić information content (AvgIpc) is 2.83. The molecule has 1 fully saturated rings. The zero-order valence-corrected chi connectivity index (χ0v) is 38.8. The second-order valence-corrected chi connectivity index (χ2v) is 20.8. The van der Waals surface area contributed by atoms with Gasteiger partial charge in [0.1, 0.15) is 11.6 Å². The molecule has 0 saturated carbocycles. The van der Waals surface area contributed by atoms with Gasteiger partial charge in [-0.1, -0.05) is 55.4 Å². The van der Waals surface area contributed by atoms with Crippen molar-refractivity contribution >= 4 is 11.6 Å². The van der Waals surface area contributed by atoms with Gasteiger partial charge >= 0.3 is 0 Å². The van der Waals surface area contributed by atoms with Crippen LogP contribution < -0.4 is 11.5 Å². The van der Waals surface area contributed by atoms with Crippen LogP contribution in [0.5, 0.6) is 0 Å². The number of hydrogen-bond acceptors (Lipinski definition) is 7. The van der Waals surface area contributed by atoms with Crippen LogP contribution in [-0.2, 0) is 9.59 Å². The molecule has 1 unspecified atom stereocenters. The highest BCUT2D eigenvalue weighted by atomic mass is 16.1. The summed E-state index contributed by atoms with van der Waals surface area (Å²) >= 11 is 0. The SMILES string of the molecule is CC(C)(C)C(C)(C)N.CC(C)=O.CC(C)N(C)C(C)(C)C(C)(C)C.CC(C)N(C)C(C)(C)C(C)(C)N.CC1C(=O)CC(C)(C)C(C)(C)N1C. The van der Waals surface area contributed by atoms with Crippen LogP contribution in [0, 0.1) is 16.2 Å². The summed E-state index contributed by atoms with van der Waals surface area (Å²) in [6.07, 6.45) is 0.700. The van der Waals surface area contributed by atoms with E-state index in [0.29, 0.717) is 29.7 Å². The lowest BCUT2D eigenvalue weighted by Gasteiger charge is -2.54. The van der Waals surface area contributed by atoms with Gasteiger partial charge in [0.05, 0.1) is 6.04 Å². The van der Waals surface area contributed by atoms with E-state index in [9.17, 15) is 9.59 Å². The molecular formula is C42H93N5O2. The van der Waals surface area contributed by atoms with E-state index >= 15 is 0 Å². The van der Waals surface area contributed by atoms with E-state index in [-0.39, 0.29) is 50.3 Å². The van der Waals surface area contributed by atoms with Crippen LogP contribution in [0.2, 0.25) is 0 Å². The Morgan fingerprint density at radius 1 is 0.694 bits per heavy atom. The minimum absolute atomic E-state index is 0.0289. The molecule has 0 aromatic carbocycles. The summed E-state index contributed by atoms with van der Waals surface area (Å²) in [6.45, 7) is 53.3. The third-order valence-electron chi connectivity index (χ3n) is 12.9. The van der Waals surface area contributed by atoms with E-state index in [4.69, 9.17) is 11.5 Å². The predicted octanol–water partition coefficient (Wildman–Crippen LogP) is 9.44. The highest BCUT2D eigenvalue weighted by molar-refractivity contribution is 5.85. The van der Waals surface area contributed by atoms with Crippen LogP contribution >= 0.6 is 0 Å². The summed E-state index contributed by atoms with van der Waals surface area (Å²) in [6, 6.07) is 1.21. The Hall–Kier alpha value is -0.860. The number of nitrogens with two attached hydrogens (primary N) is 2. The minimum atomic E-state index is -0.175. The van der Waals surface area contributed by atoms with Gasteiger partial charge in [-0.05, 0) is 155 Å². The van der Waals surface area contributed by atoms with E-state index in [1.165, 1.54) is 13.8 Å². The number of nitrogens with zero attached hydrogens (tertiary/aromatic N) is 3. The van der Waals surface area contributed by atoms with Crippen molar-refractivity contribution in [1.82, 2.24) is 14.7 Å². The Balaban J connectivity index is -0.000000268. The minimum Gasteiger partial charge on any atom is -0.325 e. The lowest BCUT2D eigenvalue weighted by atomic mass is 9.66. The lowest BCUT2D eigenvalue weighted by molar-refractivity contribution is -0.140. The molecule has 0 amide bonds. The molecule has 0 spiro atoms. The Labute approximate surface area is 309 Å². The first-order valence-corrected chi connectivity index (χ1v) is 18.7. The first kappa shape index (κ1) is 54.9. The van der Waals surface area contributed by atoms with Gasteiger partial charge in [0.25, 0.3) is 0 Å². The van der Waals surface area contributed by atoms with Crippen LogP contribution in [0.3, 0.4) is 0 Å². The Bertz CT molecular complexity index is 913. The number of rotatable bonds is 5. The van der Waals surface area contributed by atoms with Crippen LogP contribution in [-0.4, -0.2) is 93.2 Å². The quantitative estimate of drug-likeness (QED) is 0.295. The number of hydrogen-bond donors (Lipinski definition) is 2. The van der Waals surface area contributed by atoms with Crippen molar-refractivity contribution in [2.75, 3.05) is 21.1 Å². The van der Waals surface area contributed by atoms with Gasteiger partial charge in [-0.15, -0.1) is 0 Å². The third-order valence-corrected chi connectivity index (χ3v) is 12.9. The first-order chi connectivity index (χ1) is 20.9. The van der Waals surface area contributed by atoms with Crippen molar-refractivity contribution in [2.24, 2.45) is 27.7 Å². The second kappa shape index (κ2) is 19.3. The van der Waals surface area contributed by atoms with Crippen LogP contribution in [0.25, 0.3) is 0 Å². The number of carbonyl (C=O) groups is 2. The smallest absolute Gasteiger partial charge is 0.150 e. The summed E-state index contributed by atoms with van der Waals surface area (Å²) in [5.74, 6) is 0.534. The van der Waals surface area contributed by atoms with Gasteiger partial charge in [-0.25, -0.2) is 0 Å². The van der Waals surface area contributed by atoms with Gasteiger partial charge in [0.2, 0.25) is 0 Å². The van der Waals surface area contributed by atoms with E-state index in [0.717, 1.165) is 0 Å². The third kappa shape index (κ3) is 17.5.